The first-order chi connectivity index (χ1) is 15.0. The van der Waals surface area contributed by atoms with Gasteiger partial charge in [-0.15, -0.1) is 0 Å². The number of nitrogens with zero attached hydrogens (tertiary/aromatic N) is 1. The van der Waals surface area contributed by atoms with Crippen LogP contribution < -0.4 is 16.0 Å². The number of halogens is 2. The van der Waals surface area contributed by atoms with Crippen molar-refractivity contribution >= 4 is 11.9 Å². The molecule has 2 aliphatic rings. The maximum absolute atomic E-state index is 13.3. The molecule has 3 rings (SSSR count). The molecule has 0 aromatic heterocycles. The lowest BCUT2D eigenvalue weighted by atomic mass is 9.96. The van der Waals surface area contributed by atoms with Gasteiger partial charge >= 0.3 is 6.03 Å². The summed E-state index contributed by atoms with van der Waals surface area (Å²) < 4.78 is 26.4. The SMILES string of the molecule is O=C(CCCNC(=O)NC1CCCCC1)NC1CCN(Cc2ccc(F)c(F)c2)CC1. The minimum atomic E-state index is -0.828. The molecule has 1 saturated heterocycles. The fraction of sp³-hybridized carbons (Fsp3) is 0.652. The number of carbonyl (C=O) groups excluding carboxylic acids is 2. The number of hydrogen-bond acceptors (Lipinski definition) is 3. The lowest BCUT2D eigenvalue weighted by Gasteiger charge is -2.32. The number of urea groups is 1. The van der Waals surface area contributed by atoms with E-state index in [-0.39, 0.29) is 24.0 Å². The molecule has 0 unspecified atom stereocenters. The molecular weight excluding hydrogens is 402 g/mol. The van der Waals surface area contributed by atoms with Crippen molar-refractivity contribution in [3.05, 3.63) is 35.4 Å². The molecule has 6 nitrogen and oxygen atoms in total. The van der Waals surface area contributed by atoms with Crippen LogP contribution in [0.1, 0.15) is 63.4 Å². The van der Waals surface area contributed by atoms with Crippen LogP contribution in [-0.2, 0) is 11.3 Å². The van der Waals surface area contributed by atoms with Gasteiger partial charge in [-0.1, -0.05) is 25.3 Å². The van der Waals surface area contributed by atoms with Crippen molar-refractivity contribution in [1.82, 2.24) is 20.9 Å². The van der Waals surface area contributed by atoms with Crippen LogP contribution in [-0.4, -0.2) is 48.6 Å². The molecule has 1 saturated carbocycles. The van der Waals surface area contributed by atoms with Crippen molar-refractivity contribution in [2.45, 2.75) is 76.4 Å². The Morgan fingerprint density at radius 1 is 0.935 bits per heavy atom. The summed E-state index contributed by atoms with van der Waals surface area (Å²) in [4.78, 5) is 26.3. The van der Waals surface area contributed by atoms with Gasteiger partial charge in [-0.25, -0.2) is 13.6 Å². The number of hydrogen-bond donors (Lipinski definition) is 3. The van der Waals surface area contributed by atoms with Crippen molar-refractivity contribution in [2.24, 2.45) is 0 Å². The van der Waals surface area contributed by atoms with Gasteiger partial charge in [-0.2, -0.15) is 0 Å². The summed E-state index contributed by atoms with van der Waals surface area (Å²) in [5.74, 6) is -1.64. The fourth-order valence-electron chi connectivity index (χ4n) is 4.37. The monoisotopic (exact) mass is 436 g/mol. The topological polar surface area (TPSA) is 73.5 Å². The molecule has 1 aromatic rings. The van der Waals surface area contributed by atoms with Crippen molar-refractivity contribution in [1.29, 1.82) is 0 Å². The van der Waals surface area contributed by atoms with Gasteiger partial charge in [0, 0.05) is 44.7 Å². The molecule has 1 aliphatic heterocycles. The second-order valence-corrected chi connectivity index (χ2v) is 8.71. The van der Waals surface area contributed by atoms with Gasteiger partial charge in [0.05, 0.1) is 0 Å². The van der Waals surface area contributed by atoms with Crippen molar-refractivity contribution < 1.29 is 18.4 Å². The Kier molecular flexibility index (Phi) is 9.06. The van der Waals surface area contributed by atoms with Gasteiger partial charge in [0.1, 0.15) is 0 Å². The molecule has 0 spiro atoms. The number of likely N-dealkylation sites (tertiary alicyclic amines) is 1. The minimum Gasteiger partial charge on any atom is -0.353 e. The van der Waals surface area contributed by atoms with E-state index in [2.05, 4.69) is 20.9 Å². The smallest absolute Gasteiger partial charge is 0.315 e. The number of rotatable bonds is 8. The van der Waals surface area contributed by atoms with Crippen LogP contribution in [0.5, 0.6) is 0 Å². The van der Waals surface area contributed by atoms with E-state index in [1.54, 1.807) is 6.07 Å². The Hall–Kier alpha value is -2.22. The van der Waals surface area contributed by atoms with Crippen molar-refractivity contribution in [3.8, 4) is 0 Å². The number of carbonyl (C=O) groups is 2. The van der Waals surface area contributed by atoms with Gasteiger partial charge < -0.3 is 16.0 Å². The highest BCUT2D eigenvalue weighted by atomic mass is 19.2. The molecule has 0 radical (unpaired) electrons. The molecule has 31 heavy (non-hydrogen) atoms. The molecule has 172 valence electrons. The molecular formula is C23H34F2N4O2. The third-order valence-corrected chi connectivity index (χ3v) is 6.15. The Labute approximate surface area is 183 Å². The summed E-state index contributed by atoms with van der Waals surface area (Å²) in [6.07, 6.45) is 8.36. The first kappa shape index (κ1) is 23.4. The number of piperidine rings is 1. The number of nitrogens with one attached hydrogen (secondary N) is 3. The summed E-state index contributed by atoms with van der Waals surface area (Å²) in [7, 11) is 0. The summed E-state index contributed by atoms with van der Waals surface area (Å²) in [6, 6.07) is 4.29. The fourth-order valence-corrected chi connectivity index (χ4v) is 4.37. The van der Waals surface area contributed by atoms with E-state index in [0.717, 1.165) is 50.4 Å². The third kappa shape index (κ3) is 8.09. The minimum absolute atomic E-state index is 0.00791. The second-order valence-electron chi connectivity index (χ2n) is 8.71. The Morgan fingerprint density at radius 3 is 2.35 bits per heavy atom. The van der Waals surface area contributed by atoms with Crippen LogP contribution in [0.3, 0.4) is 0 Å². The average Bonchev–Trinajstić information content (AvgIpc) is 2.76. The van der Waals surface area contributed by atoms with Crippen LogP contribution in [0.25, 0.3) is 0 Å². The van der Waals surface area contributed by atoms with Gasteiger partial charge in [0.15, 0.2) is 11.6 Å². The van der Waals surface area contributed by atoms with Crippen LogP contribution in [0, 0.1) is 11.6 Å². The predicted octanol–water partition coefficient (Wildman–Crippen LogP) is 3.46. The standard InChI is InChI=1S/C23H34F2N4O2/c24-20-9-8-17(15-21(20)25)16-29-13-10-19(11-14-29)27-22(30)7-4-12-26-23(31)28-18-5-2-1-3-6-18/h8-9,15,18-19H,1-7,10-14,16H2,(H,27,30)(H2,26,28,31). The molecule has 0 bridgehead atoms. The molecule has 3 amide bonds. The maximum atomic E-state index is 13.3. The van der Waals surface area contributed by atoms with Gasteiger partial charge in [0.25, 0.3) is 0 Å². The summed E-state index contributed by atoms with van der Waals surface area (Å²) in [6.45, 7) is 2.66. The Morgan fingerprint density at radius 2 is 1.65 bits per heavy atom. The molecule has 1 heterocycles. The highest BCUT2D eigenvalue weighted by molar-refractivity contribution is 5.76. The Bertz CT molecular complexity index is 732. The average molecular weight is 437 g/mol. The Balaban J connectivity index is 1.25. The quantitative estimate of drug-likeness (QED) is 0.547. The largest absolute Gasteiger partial charge is 0.353 e. The predicted molar refractivity (Wildman–Crippen MR) is 115 cm³/mol. The van der Waals surface area contributed by atoms with Gasteiger partial charge in [-0.3, -0.25) is 9.69 Å². The molecule has 8 heteroatoms. The lowest BCUT2D eigenvalue weighted by Crippen LogP contribution is -2.45. The van der Waals surface area contributed by atoms with Crippen LogP contribution >= 0.6 is 0 Å². The highest BCUT2D eigenvalue weighted by Crippen LogP contribution is 2.17. The van der Waals surface area contributed by atoms with Crippen molar-refractivity contribution in [3.63, 3.8) is 0 Å². The molecule has 2 fully saturated rings. The van der Waals surface area contributed by atoms with Crippen LogP contribution in [0.2, 0.25) is 0 Å². The number of benzene rings is 1. The summed E-state index contributed by atoms with van der Waals surface area (Å²) >= 11 is 0. The van der Waals surface area contributed by atoms with E-state index in [1.807, 2.05) is 0 Å². The highest BCUT2D eigenvalue weighted by Gasteiger charge is 2.21. The van der Waals surface area contributed by atoms with E-state index < -0.39 is 11.6 Å². The van der Waals surface area contributed by atoms with Crippen LogP contribution in [0.15, 0.2) is 18.2 Å². The van der Waals surface area contributed by atoms with E-state index in [9.17, 15) is 18.4 Å². The van der Waals surface area contributed by atoms with Gasteiger partial charge in [-0.05, 0) is 49.8 Å². The summed E-state index contributed by atoms with van der Waals surface area (Å²) in [5.41, 5.74) is 0.751. The first-order valence-corrected chi connectivity index (χ1v) is 11.5. The van der Waals surface area contributed by atoms with E-state index in [1.165, 1.54) is 25.3 Å². The van der Waals surface area contributed by atoms with Crippen molar-refractivity contribution in [2.75, 3.05) is 19.6 Å². The number of amides is 3. The van der Waals surface area contributed by atoms with Gasteiger partial charge in [0.2, 0.25) is 5.91 Å². The molecule has 1 aliphatic carbocycles. The van der Waals surface area contributed by atoms with Crippen LogP contribution in [0.4, 0.5) is 13.6 Å². The van der Waals surface area contributed by atoms with E-state index >= 15 is 0 Å². The zero-order chi connectivity index (χ0) is 22.1. The third-order valence-electron chi connectivity index (χ3n) is 6.15. The first-order valence-electron chi connectivity index (χ1n) is 11.5. The second kappa shape index (κ2) is 12.0. The molecule has 1 aromatic carbocycles. The molecule has 3 N–H and O–H groups in total. The van der Waals surface area contributed by atoms with E-state index in [4.69, 9.17) is 0 Å². The zero-order valence-electron chi connectivity index (χ0n) is 18.1. The zero-order valence-corrected chi connectivity index (χ0v) is 18.1. The maximum Gasteiger partial charge on any atom is 0.315 e. The summed E-state index contributed by atoms with van der Waals surface area (Å²) in [5, 5.41) is 8.91. The lowest BCUT2D eigenvalue weighted by molar-refractivity contribution is -0.122. The normalized spacial score (nSPS) is 18.5. The van der Waals surface area contributed by atoms with E-state index in [0.29, 0.717) is 25.9 Å². The molecule has 0 atom stereocenters.